The van der Waals surface area contributed by atoms with Crippen LogP contribution >= 0.6 is 11.6 Å². The van der Waals surface area contributed by atoms with Crippen molar-refractivity contribution >= 4 is 23.0 Å². The molecule has 0 fully saturated rings. The van der Waals surface area contributed by atoms with Crippen LogP contribution in [0, 0.1) is 0 Å². The zero-order valence-electron chi connectivity index (χ0n) is 13.6. The maximum atomic E-state index is 6.29. The molecule has 0 amide bonds. The van der Waals surface area contributed by atoms with E-state index < -0.39 is 5.62 Å². The normalized spacial score (nSPS) is 16.6. The third kappa shape index (κ3) is 3.49. The summed E-state index contributed by atoms with van der Waals surface area (Å²) in [6.45, 7) is 0. The Bertz CT molecular complexity index is 913. The lowest BCUT2D eigenvalue weighted by Gasteiger charge is -2.20. The molecule has 0 radical (unpaired) electrons. The molecule has 1 atom stereocenters. The van der Waals surface area contributed by atoms with Gasteiger partial charge in [-0.15, -0.1) is 0 Å². The number of allylic oxidation sites excluding steroid dienone is 1. The van der Waals surface area contributed by atoms with Gasteiger partial charge in [0, 0.05) is 5.70 Å². The molecular weight excluding hydrogens is 328 g/mol. The van der Waals surface area contributed by atoms with Crippen molar-refractivity contribution in [1.82, 2.24) is 5.32 Å². The number of aliphatic imine (C=N–C) groups is 1. The molecule has 1 aliphatic heterocycles. The first-order valence-electron chi connectivity index (χ1n) is 8.21. The fraction of sp³-hybridized carbons (Fsp3) is 0.0455. The van der Waals surface area contributed by atoms with E-state index in [0.717, 1.165) is 22.5 Å². The second-order valence-corrected chi connectivity index (χ2v) is 6.28. The van der Waals surface area contributed by atoms with Gasteiger partial charge in [-0.25, -0.2) is 4.99 Å². The van der Waals surface area contributed by atoms with Crippen LogP contribution < -0.4 is 5.32 Å². The summed E-state index contributed by atoms with van der Waals surface area (Å²) in [5.41, 5.74) is 5.96. The fourth-order valence-electron chi connectivity index (χ4n) is 2.90. The van der Waals surface area contributed by atoms with Gasteiger partial charge in [0.1, 0.15) is 0 Å². The Morgan fingerprint density at radius 1 is 0.640 bits per heavy atom. The summed E-state index contributed by atoms with van der Waals surface area (Å²) in [6.07, 6.45) is 2.05. The van der Waals surface area contributed by atoms with Crippen molar-refractivity contribution in [2.75, 3.05) is 0 Å². The van der Waals surface area contributed by atoms with Gasteiger partial charge in [0.15, 0.2) is 5.62 Å². The van der Waals surface area contributed by atoms with Crippen molar-refractivity contribution in [1.29, 1.82) is 0 Å². The number of hydrogen-bond acceptors (Lipinski definition) is 2. The third-order valence-corrected chi connectivity index (χ3v) is 4.39. The highest BCUT2D eigenvalue weighted by Crippen LogP contribution is 2.24. The molecule has 0 saturated carbocycles. The fourth-order valence-corrected chi connectivity index (χ4v) is 3.13. The quantitative estimate of drug-likeness (QED) is 0.505. The molecule has 2 nitrogen and oxygen atoms in total. The predicted octanol–water partition coefficient (Wildman–Crippen LogP) is 5.31. The van der Waals surface area contributed by atoms with E-state index in [4.69, 9.17) is 11.6 Å². The monoisotopic (exact) mass is 344 g/mol. The summed E-state index contributed by atoms with van der Waals surface area (Å²) >= 11 is 6.29. The molecule has 1 heterocycles. The maximum Gasteiger partial charge on any atom is 0.196 e. The van der Waals surface area contributed by atoms with E-state index in [1.807, 2.05) is 42.5 Å². The Kier molecular flexibility index (Phi) is 4.36. The van der Waals surface area contributed by atoms with E-state index in [2.05, 4.69) is 58.8 Å². The number of benzene rings is 3. The minimum atomic E-state index is -0.469. The van der Waals surface area contributed by atoms with Crippen LogP contribution in [-0.2, 0) is 0 Å². The first-order chi connectivity index (χ1) is 12.3. The highest BCUT2D eigenvalue weighted by Gasteiger charge is 2.15. The Morgan fingerprint density at radius 3 is 1.80 bits per heavy atom. The van der Waals surface area contributed by atoms with Crippen molar-refractivity contribution in [3.05, 3.63) is 102 Å². The zero-order chi connectivity index (χ0) is 17.1. The summed E-state index contributed by atoms with van der Waals surface area (Å²) in [7, 11) is 0. The number of halogens is 1. The van der Waals surface area contributed by atoms with Crippen LogP contribution in [0.2, 0.25) is 0 Å². The Balaban J connectivity index is 1.65. The molecule has 4 rings (SSSR count). The highest BCUT2D eigenvalue weighted by molar-refractivity contribution is 6.24. The second kappa shape index (κ2) is 6.96. The predicted molar refractivity (Wildman–Crippen MR) is 106 cm³/mol. The molecule has 0 bridgehead atoms. The minimum Gasteiger partial charge on any atom is -0.351 e. The van der Waals surface area contributed by atoms with Crippen LogP contribution in [0.25, 0.3) is 16.8 Å². The number of nitrogens with zero attached hydrogens (tertiary/aromatic N) is 1. The Labute approximate surface area is 152 Å². The molecule has 3 aromatic carbocycles. The van der Waals surface area contributed by atoms with E-state index in [0.29, 0.717) is 0 Å². The SMILES string of the molecule is ClC1N=C(c2ccccc2)C=C(c2ccc(-c3ccccc3)cc2)N1. The van der Waals surface area contributed by atoms with Gasteiger partial charge < -0.3 is 5.32 Å². The number of rotatable bonds is 3. The molecule has 1 N–H and O–H groups in total. The van der Waals surface area contributed by atoms with Crippen LogP contribution in [-0.4, -0.2) is 11.3 Å². The molecule has 0 aliphatic carbocycles. The molecule has 0 aromatic heterocycles. The van der Waals surface area contributed by atoms with Crippen LogP contribution in [0.3, 0.4) is 0 Å². The molecule has 1 unspecified atom stereocenters. The van der Waals surface area contributed by atoms with E-state index in [1.54, 1.807) is 0 Å². The molecular formula is C22H17ClN2. The van der Waals surface area contributed by atoms with Gasteiger partial charge in [-0.2, -0.15) is 0 Å². The van der Waals surface area contributed by atoms with Crippen molar-refractivity contribution in [3.8, 4) is 11.1 Å². The summed E-state index contributed by atoms with van der Waals surface area (Å²) in [4.78, 5) is 4.49. The van der Waals surface area contributed by atoms with Crippen molar-refractivity contribution in [2.45, 2.75) is 5.62 Å². The van der Waals surface area contributed by atoms with Crippen molar-refractivity contribution in [3.63, 3.8) is 0 Å². The molecule has 1 aliphatic rings. The standard InChI is InChI=1S/C22H17ClN2/c23-22-24-20(18-9-5-2-6-10-18)15-21(25-22)19-13-11-17(12-14-19)16-7-3-1-4-8-16/h1-15,22,25H. The third-order valence-electron chi connectivity index (χ3n) is 4.18. The summed E-state index contributed by atoms with van der Waals surface area (Å²) in [6, 6.07) is 28.9. The van der Waals surface area contributed by atoms with Gasteiger partial charge in [0.05, 0.1) is 5.71 Å². The first-order valence-corrected chi connectivity index (χ1v) is 8.65. The lowest BCUT2D eigenvalue weighted by Crippen LogP contribution is -2.26. The molecule has 0 spiro atoms. The zero-order valence-corrected chi connectivity index (χ0v) is 14.3. The average molecular weight is 345 g/mol. The van der Waals surface area contributed by atoms with Gasteiger partial charge in [0.2, 0.25) is 0 Å². The van der Waals surface area contributed by atoms with Gasteiger partial charge >= 0.3 is 0 Å². The van der Waals surface area contributed by atoms with Crippen LogP contribution in [0.15, 0.2) is 96.0 Å². The van der Waals surface area contributed by atoms with E-state index in [9.17, 15) is 0 Å². The maximum absolute atomic E-state index is 6.29. The van der Waals surface area contributed by atoms with Gasteiger partial charge in [-0.05, 0) is 28.3 Å². The summed E-state index contributed by atoms with van der Waals surface area (Å²) in [5.74, 6) is 0. The van der Waals surface area contributed by atoms with Gasteiger partial charge in [-0.1, -0.05) is 96.5 Å². The van der Waals surface area contributed by atoms with Gasteiger partial charge in [-0.3, -0.25) is 0 Å². The topological polar surface area (TPSA) is 24.4 Å². The van der Waals surface area contributed by atoms with Crippen molar-refractivity contribution < 1.29 is 0 Å². The van der Waals surface area contributed by atoms with E-state index in [1.165, 1.54) is 11.1 Å². The summed E-state index contributed by atoms with van der Waals surface area (Å²) in [5, 5.41) is 3.23. The molecule has 122 valence electrons. The highest BCUT2D eigenvalue weighted by atomic mass is 35.5. The number of nitrogens with one attached hydrogen (secondary N) is 1. The largest absolute Gasteiger partial charge is 0.351 e. The van der Waals surface area contributed by atoms with Crippen LogP contribution in [0.5, 0.6) is 0 Å². The first kappa shape index (κ1) is 15.7. The molecule has 3 aromatic rings. The lowest BCUT2D eigenvalue weighted by atomic mass is 10.0. The second-order valence-electron chi connectivity index (χ2n) is 5.86. The smallest absolute Gasteiger partial charge is 0.196 e. The number of alkyl halides is 1. The van der Waals surface area contributed by atoms with Gasteiger partial charge in [0.25, 0.3) is 0 Å². The summed E-state index contributed by atoms with van der Waals surface area (Å²) < 4.78 is 0. The Morgan fingerprint density at radius 2 is 1.16 bits per heavy atom. The van der Waals surface area contributed by atoms with E-state index >= 15 is 0 Å². The molecule has 3 heteroatoms. The van der Waals surface area contributed by atoms with Crippen LogP contribution in [0.4, 0.5) is 0 Å². The minimum absolute atomic E-state index is 0.469. The van der Waals surface area contributed by atoms with Crippen molar-refractivity contribution in [2.24, 2.45) is 4.99 Å². The number of hydrogen-bond donors (Lipinski definition) is 1. The Hall–Kier alpha value is -2.84. The van der Waals surface area contributed by atoms with E-state index in [-0.39, 0.29) is 0 Å². The molecule has 25 heavy (non-hydrogen) atoms. The average Bonchev–Trinajstić information content (AvgIpc) is 2.69. The van der Waals surface area contributed by atoms with Crippen LogP contribution in [0.1, 0.15) is 11.1 Å². The molecule has 0 saturated heterocycles. The lowest BCUT2D eigenvalue weighted by molar-refractivity contribution is 0.819.